The summed E-state index contributed by atoms with van der Waals surface area (Å²) in [4.78, 5) is 6.37. The summed E-state index contributed by atoms with van der Waals surface area (Å²) >= 11 is 0. The first-order valence-corrected chi connectivity index (χ1v) is 11.1. The van der Waals surface area contributed by atoms with Crippen molar-refractivity contribution < 1.29 is 12.9 Å². The highest BCUT2D eigenvalue weighted by Gasteiger charge is 2.24. The molecule has 0 radical (unpaired) electrons. The van der Waals surface area contributed by atoms with E-state index in [-0.39, 0.29) is 11.2 Å². The lowest BCUT2D eigenvalue weighted by Gasteiger charge is -2.26. The number of imidazole rings is 1. The quantitative estimate of drug-likeness (QED) is 0.734. The van der Waals surface area contributed by atoms with Crippen molar-refractivity contribution in [1.29, 1.82) is 0 Å². The maximum atomic E-state index is 12.2. The van der Waals surface area contributed by atoms with Gasteiger partial charge in [0.1, 0.15) is 12.0 Å². The van der Waals surface area contributed by atoms with E-state index in [4.69, 9.17) is 4.52 Å². The van der Waals surface area contributed by atoms with Gasteiger partial charge in [0.05, 0.1) is 17.9 Å². The Morgan fingerprint density at radius 3 is 2.69 bits per heavy atom. The van der Waals surface area contributed by atoms with Crippen LogP contribution in [0.1, 0.15) is 56.5 Å². The van der Waals surface area contributed by atoms with Gasteiger partial charge >= 0.3 is 0 Å². The molecule has 0 unspecified atom stereocenters. The molecule has 1 aliphatic rings. The molecule has 3 rings (SSSR count). The Balaban J connectivity index is 1.82. The summed E-state index contributed by atoms with van der Waals surface area (Å²) < 4.78 is 31.2. The van der Waals surface area contributed by atoms with E-state index in [1.807, 2.05) is 17.7 Å². The van der Waals surface area contributed by atoms with E-state index in [1.165, 1.54) is 25.5 Å². The van der Waals surface area contributed by atoms with E-state index >= 15 is 0 Å². The Labute approximate surface area is 155 Å². The van der Waals surface area contributed by atoms with E-state index in [1.54, 1.807) is 12.5 Å². The first-order valence-electron chi connectivity index (χ1n) is 9.21. The molecule has 8 heteroatoms. The third-order valence-electron chi connectivity index (χ3n) is 5.36. The molecule has 1 fully saturated rings. The van der Waals surface area contributed by atoms with Crippen molar-refractivity contribution in [2.24, 2.45) is 5.92 Å². The molecule has 2 aromatic heterocycles. The topological polar surface area (TPSA) is 81.2 Å². The molecule has 0 saturated heterocycles. The summed E-state index contributed by atoms with van der Waals surface area (Å²) in [5.74, 6) is 0.524. The molecule has 0 spiro atoms. The van der Waals surface area contributed by atoms with Crippen molar-refractivity contribution in [2.75, 3.05) is 13.3 Å². The van der Waals surface area contributed by atoms with E-state index in [0.29, 0.717) is 12.5 Å². The van der Waals surface area contributed by atoms with Crippen LogP contribution in [0.25, 0.3) is 0 Å². The molecule has 2 aromatic rings. The van der Waals surface area contributed by atoms with Crippen LogP contribution in [-0.4, -0.2) is 41.3 Å². The molecule has 0 amide bonds. The molecule has 2 heterocycles. The van der Waals surface area contributed by atoms with Crippen LogP contribution in [0.2, 0.25) is 0 Å². The third-order valence-corrected chi connectivity index (χ3v) is 6.35. The molecule has 1 atom stereocenters. The molecule has 1 aliphatic carbocycles. The minimum atomic E-state index is -3.36. The first-order chi connectivity index (χ1) is 12.4. The number of hydrogen-bond acceptors (Lipinski definition) is 6. The Bertz CT molecular complexity index is 808. The SMILES string of the molecule is C[C@H](c1ccon1)N(C)Cc1cnc(S(C)(=O)=O)n1CC1CCCCC1. The number of nitrogens with zero attached hydrogens (tertiary/aromatic N) is 4. The molecular weight excluding hydrogens is 352 g/mol. The van der Waals surface area contributed by atoms with Gasteiger partial charge < -0.3 is 9.09 Å². The molecule has 26 heavy (non-hydrogen) atoms. The summed E-state index contributed by atoms with van der Waals surface area (Å²) in [6.07, 6.45) is 10.6. The third kappa shape index (κ3) is 4.35. The minimum Gasteiger partial charge on any atom is -0.364 e. The van der Waals surface area contributed by atoms with Crippen molar-refractivity contribution >= 4 is 9.84 Å². The van der Waals surface area contributed by atoms with Gasteiger partial charge in [0.15, 0.2) is 0 Å². The van der Waals surface area contributed by atoms with Gasteiger partial charge in [-0.15, -0.1) is 0 Å². The fraction of sp³-hybridized carbons (Fsp3) is 0.667. The lowest BCUT2D eigenvalue weighted by Crippen LogP contribution is -2.26. The Morgan fingerprint density at radius 2 is 2.08 bits per heavy atom. The van der Waals surface area contributed by atoms with Crippen LogP contribution in [0.5, 0.6) is 0 Å². The van der Waals surface area contributed by atoms with Crippen LogP contribution >= 0.6 is 0 Å². The van der Waals surface area contributed by atoms with Crippen LogP contribution in [0.15, 0.2) is 28.2 Å². The predicted octanol–water partition coefficient (Wildman–Crippen LogP) is 3.05. The van der Waals surface area contributed by atoms with Gasteiger partial charge in [0.2, 0.25) is 15.0 Å². The Kier molecular flexibility index (Phi) is 5.82. The second-order valence-electron chi connectivity index (χ2n) is 7.43. The molecule has 7 nitrogen and oxygen atoms in total. The molecule has 0 aliphatic heterocycles. The van der Waals surface area contributed by atoms with Gasteiger partial charge in [-0.05, 0) is 32.7 Å². The fourth-order valence-corrected chi connectivity index (χ4v) is 4.53. The Hall–Kier alpha value is -1.67. The summed E-state index contributed by atoms with van der Waals surface area (Å²) in [5.41, 5.74) is 1.78. The van der Waals surface area contributed by atoms with Gasteiger partial charge in [-0.1, -0.05) is 24.4 Å². The van der Waals surface area contributed by atoms with Crippen LogP contribution in [0, 0.1) is 5.92 Å². The largest absolute Gasteiger partial charge is 0.364 e. The molecular formula is C18H28N4O3S. The second kappa shape index (κ2) is 7.92. The van der Waals surface area contributed by atoms with E-state index in [9.17, 15) is 8.42 Å². The van der Waals surface area contributed by atoms with Crippen molar-refractivity contribution in [3.05, 3.63) is 29.9 Å². The second-order valence-corrected chi connectivity index (χ2v) is 9.34. The number of aromatic nitrogens is 3. The maximum absolute atomic E-state index is 12.2. The van der Waals surface area contributed by atoms with Gasteiger partial charge in [-0.3, -0.25) is 4.90 Å². The standard InChI is InChI=1S/C18H28N4O3S/c1-14(17-9-10-25-20-17)21(2)13-16-11-19-18(26(3,23)24)22(16)12-15-7-5-4-6-8-15/h9-11,14-15H,4-8,12-13H2,1-3H3/t14-/m1/s1. The van der Waals surface area contributed by atoms with E-state index in [2.05, 4.69) is 22.0 Å². The zero-order chi connectivity index (χ0) is 18.7. The highest BCUT2D eigenvalue weighted by Crippen LogP contribution is 2.28. The molecule has 1 saturated carbocycles. The average Bonchev–Trinajstić information content (AvgIpc) is 3.25. The normalized spacial score (nSPS) is 17.7. The molecule has 0 bridgehead atoms. The van der Waals surface area contributed by atoms with Crippen LogP contribution in [-0.2, 0) is 22.9 Å². The van der Waals surface area contributed by atoms with Crippen molar-refractivity contribution in [1.82, 2.24) is 19.6 Å². The van der Waals surface area contributed by atoms with Crippen molar-refractivity contribution in [3.63, 3.8) is 0 Å². The summed E-state index contributed by atoms with van der Waals surface area (Å²) in [6.45, 7) is 3.38. The smallest absolute Gasteiger partial charge is 0.227 e. The van der Waals surface area contributed by atoms with E-state index in [0.717, 1.165) is 30.8 Å². The first kappa shape index (κ1) is 19.1. The lowest BCUT2D eigenvalue weighted by molar-refractivity contribution is 0.229. The van der Waals surface area contributed by atoms with Crippen molar-refractivity contribution in [2.45, 2.75) is 63.3 Å². The zero-order valence-electron chi connectivity index (χ0n) is 15.8. The lowest BCUT2D eigenvalue weighted by atomic mass is 9.89. The van der Waals surface area contributed by atoms with Crippen LogP contribution < -0.4 is 0 Å². The number of sulfone groups is 1. The highest BCUT2D eigenvalue weighted by atomic mass is 32.2. The van der Waals surface area contributed by atoms with Crippen molar-refractivity contribution in [3.8, 4) is 0 Å². The average molecular weight is 381 g/mol. The van der Waals surface area contributed by atoms with Crippen LogP contribution in [0.3, 0.4) is 0 Å². The highest BCUT2D eigenvalue weighted by molar-refractivity contribution is 7.90. The minimum absolute atomic E-state index is 0.0634. The fourth-order valence-electron chi connectivity index (χ4n) is 3.69. The number of rotatable bonds is 7. The molecule has 0 N–H and O–H groups in total. The monoisotopic (exact) mass is 380 g/mol. The molecule has 144 valence electrons. The van der Waals surface area contributed by atoms with Gasteiger partial charge in [0, 0.05) is 25.4 Å². The number of hydrogen-bond donors (Lipinski definition) is 0. The van der Waals surface area contributed by atoms with Gasteiger partial charge in [0.25, 0.3) is 0 Å². The summed E-state index contributed by atoms with van der Waals surface area (Å²) in [5, 5.41) is 4.19. The maximum Gasteiger partial charge on any atom is 0.227 e. The zero-order valence-corrected chi connectivity index (χ0v) is 16.6. The summed E-state index contributed by atoms with van der Waals surface area (Å²) in [6, 6.07) is 1.91. The summed E-state index contributed by atoms with van der Waals surface area (Å²) in [7, 11) is -1.36. The molecule has 0 aromatic carbocycles. The van der Waals surface area contributed by atoms with Gasteiger partial charge in [-0.25, -0.2) is 13.4 Å². The Morgan fingerprint density at radius 1 is 1.35 bits per heavy atom. The van der Waals surface area contributed by atoms with Gasteiger partial charge in [-0.2, -0.15) is 0 Å². The van der Waals surface area contributed by atoms with E-state index < -0.39 is 9.84 Å². The predicted molar refractivity (Wildman–Crippen MR) is 98.3 cm³/mol. The van der Waals surface area contributed by atoms with Crippen LogP contribution in [0.4, 0.5) is 0 Å².